The lowest BCUT2D eigenvalue weighted by molar-refractivity contribution is 0.504. The van der Waals surface area contributed by atoms with E-state index in [1.165, 1.54) is 6.07 Å². The maximum Gasteiger partial charge on any atom is 0.127 e. The van der Waals surface area contributed by atoms with Crippen LogP contribution < -0.4 is 5.73 Å². The average molecular weight is 312 g/mol. The largest absolute Gasteiger partial charge is 0.469 e. The summed E-state index contributed by atoms with van der Waals surface area (Å²) in [4.78, 5) is 0. The second-order valence-electron chi connectivity index (χ2n) is 4.20. The highest BCUT2D eigenvalue weighted by Crippen LogP contribution is 2.24. The summed E-state index contributed by atoms with van der Waals surface area (Å²) in [6.45, 7) is 2.01. The zero-order chi connectivity index (χ0) is 13.1. The topological polar surface area (TPSA) is 39.2 Å². The van der Waals surface area contributed by atoms with E-state index in [9.17, 15) is 4.39 Å². The molecule has 0 saturated heterocycles. The van der Waals surface area contributed by atoms with Gasteiger partial charge in [-0.25, -0.2) is 4.39 Å². The van der Waals surface area contributed by atoms with Gasteiger partial charge in [0.1, 0.15) is 11.6 Å². The first-order valence-electron chi connectivity index (χ1n) is 5.87. The van der Waals surface area contributed by atoms with Crippen LogP contribution in [0.25, 0.3) is 0 Å². The van der Waals surface area contributed by atoms with E-state index in [4.69, 9.17) is 10.2 Å². The van der Waals surface area contributed by atoms with E-state index < -0.39 is 0 Å². The number of furan rings is 1. The smallest absolute Gasteiger partial charge is 0.127 e. The van der Waals surface area contributed by atoms with Gasteiger partial charge in [-0.2, -0.15) is 0 Å². The molecule has 0 spiro atoms. The lowest BCUT2D eigenvalue weighted by Crippen LogP contribution is -2.15. The zero-order valence-electron chi connectivity index (χ0n) is 10.1. The van der Waals surface area contributed by atoms with Crippen molar-refractivity contribution in [3.63, 3.8) is 0 Å². The number of nitrogens with two attached hydrogens (primary N) is 1. The summed E-state index contributed by atoms with van der Waals surface area (Å²) < 4.78 is 19.8. The van der Waals surface area contributed by atoms with E-state index in [0.29, 0.717) is 12.0 Å². The Morgan fingerprint density at radius 3 is 2.83 bits per heavy atom. The minimum Gasteiger partial charge on any atom is -0.469 e. The van der Waals surface area contributed by atoms with Crippen LogP contribution >= 0.6 is 15.9 Å². The van der Waals surface area contributed by atoms with Crippen molar-refractivity contribution in [2.24, 2.45) is 5.73 Å². The third-order valence-electron chi connectivity index (χ3n) is 2.96. The van der Waals surface area contributed by atoms with Gasteiger partial charge in [-0.15, -0.1) is 0 Å². The molecular formula is C14H15BrFNO. The molecule has 96 valence electrons. The van der Waals surface area contributed by atoms with Crippen molar-refractivity contribution >= 4 is 15.9 Å². The molecule has 2 aromatic rings. The van der Waals surface area contributed by atoms with E-state index in [0.717, 1.165) is 22.2 Å². The predicted molar refractivity (Wildman–Crippen MR) is 72.8 cm³/mol. The van der Waals surface area contributed by atoms with Gasteiger partial charge in [-0.3, -0.25) is 0 Å². The SMILES string of the molecule is CCc1occc1C(N)Cc1ccc(Br)cc1F. The molecule has 0 fully saturated rings. The van der Waals surface area contributed by atoms with Crippen molar-refractivity contribution in [2.75, 3.05) is 0 Å². The molecule has 1 atom stereocenters. The molecule has 0 amide bonds. The molecule has 2 rings (SSSR count). The summed E-state index contributed by atoms with van der Waals surface area (Å²) >= 11 is 3.24. The number of aryl methyl sites for hydroxylation is 1. The molecule has 1 unspecified atom stereocenters. The van der Waals surface area contributed by atoms with Crippen molar-refractivity contribution in [3.8, 4) is 0 Å². The van der Waals surface area contributed by atoms with Gasteiger partial charge < -0.3 is 10.2 Å². The summed E-state index contributed by atoms with van der Waals surface area (Å²) in [7, 11) is 0. The van der Waals surface area contributed by atoms with E-state index in [1.54, 1.807) is 12.3 Å². The van der Waals surface area contributed by atoms with Crippen molar-refractivity contribution in [1.29, 1.82) is 0 Å². The van der Waals surface area contributed by atoms with E-state index in [2.05, 4.69) is 15.9 Å². The normalized spacial score (nSPS) is 12.7. The number of halogens is 2. The third-order valence-corrected chi connectivity index (χ3v) is 3.45. The predicted octanol–water partition coefficient (Wildman–Crippen LogP) is 3.99. The molecule has 0 saturated carbocycles. The average Bonchev–Trinajstić information content (AvgIpc) is 2.81. The Morgan fingerprint density at radius 2 is 2.17 bits per heavy atom. The molecule has 2 N–H and O–H groups in total. The van der Waals surface area contributed by atoms with Crippen molar-refractivity contribution in [2.45, 2.75) is 25.8 Å². The molecule has 0 aliphatic heterocycles. The Balaban J connectivity index is 2.18. The van der Waals surface area contributed by atoms with Crippen LogP contribution in [0.4, 0.5) is 4.39 Å². The summed E-state index contributed by atoms with van der Waals surface area (Å²) in [5, 5.41) is 0. The fraction of sp³-hybridized carbons (Fsp3) is 0.286. The van der Waals surface area contributed by atoms with Gasteiger partial charge in [-0.1, -0.05) is 28.9 Å². The van der Waals surface area contributed by atoms with Gasteiger partial charge in [0.2, 0.25) is 0 Å². The minimum atomic E-state index is -0.241. The van der Waals surface area contributed by atoms with Gasteiger partial charge in [0.15, 0.2) is 0 Å². The Labute approximate surface area is 114 Å². The molecule has 1 aromatic heterocycles. The quantitative estimate of drug-likeness (QED) is 0.927. The number of hydrogen-bond donors (Lipinski definition) is 1. The van der Waals surface area contributed by atoms with Crippen LogP contribution in [0.5, 0.6) is 0 Å². The first-order valence-corrected chi connectivity index (χ1v) is 6.67. The fourth-order valence-corrected chi connectivity index (χ4v) is 2.34. The Kier molecular flexibility index (Phi) is 4.19. The van der Waals surface area contributed by atoms with Crippen LogP contribution in [0.3, 0.4) is 0 Å². The van der Waals surface area contributed by atoms with Crippen LogP contribution in [0.2, 0.25) is 0 Å². The van der Waals surface area contributed by atoms with E-state index >= 15 is 0 Å². The highest BCUT2D eigenvalue weighted by molar-refractivity contribution is 9.10. The number of hydrogen-bond acceptors (Lipinski definition) is 2. The van der Waals surface area contributed by atoms with Gasteiger partial charge in [0.05, 0.1) is 6.26 Å². The van der Waals surface area contributed by atoms with Crippen LogP contribution in [0.15, 0.2) is 39.4 Å². The first kappa shape index (κ1) is 13.3. The Hall–Kier alpha value is -1.13. The molecule has 18 heavy (non-hydrogen) atoms. The van der Waals surface area contributed by atoms with E-state index in [-0.39, 0.29) is 11.9 Å². The van der Waals surface area contributed by atoms with Gasteiger partial charge in [-0.05, 0) is 30.2 Å². The second-order valence-corrected chi connectivity index (χ2v) is 5.11. The van der Waals surface area contributed by atoms with Crippen molar-refractivity contribution < 1.29 is 8.81 Å². The van der Waals surface area contributed by atoms with E-state index in [1.807, 2.05) is 19.1 Å². The maximum absolute atomic E-state index is 13.7. The summed E-state index contributed by atoms with van der Waals surface area (Å²) in [6.07, 6.45) is 2.89. The second kappa shape index (κ2) is 5.67. The molecular weight excluding hydrogens is 297 g/mol. The Morgan fingerprint density at radius 1 is 1.39 bits per heavy atom. The fourth-order valence-electron chi connectivity index (χ4n) is 2.00. The Bertz CT molecular complexity index is 538. The standard InChI is InChI=1S/C14H15BrFNO/c1-2-14-11(5-6-18-14)13(17)7-9-3-4-10(15)8-12(9)16/h3-6,8,13H,2,7,17H2,1H3. The number of benzene rings is 1. The lowest BCUT2D eigenvalue weighted by Gasteiger charge is -2.12. The molecule has 0 bridgehead atoms. The zero-order valence-corrected chi connectivity index (χ0v) is 11.7. The lowest BCUT2D eigenvalue weighted by atomic mass is 9.99. The molecule has 2 nitrogen and oxygen atoms in total. The third kappa shape index (κ3) is 2.82. The maximum atomic E-state index is 13.7. The highest BCUT2D eigenvalue weighted by atomic mass is 79.9. The van der Waals surface area contributed by atoms with Crippen molar-refractivity contribution in [1.82, 2.24) is 0 Å². The summed E-state index contributed by atoms with van der Waals surface area (Å²) in [5.74, 6) is 0.640. The molecule has 0 aliphatic rings. The van der Waals surface area contributed by atoms with Crippen LogP contribution in [-0.2, 0) is 12.8 Å². The monoisotopic (exact) mass is 311 g/mol. The molecule has 4 heteroatoms. The summed E-state index contributed by atoms with van der Waals surface area (Å²) in [5.41, 5.74) is 7.69. The van der Waals surface area contributed by atoms with Crippen molar-refractivity contribution in [3.05, 3.63) is 57.7 Å². The van der Waals surface area contributed by atoms with Crippen LogP contribution in [0, 0.1) is 5.82 Å². The molecule has 1 aromatic carbocycles. The molecule has 1 heterocycles. The van der Waals surface area contributed by atoms with Crippen LogP contribution in [-0.4, -0.2) is 0 Å². The first-order chi connectivity index (χ1) is 8.61. The van der Waals surface area contributed by atoms with Gasteiger partial charge in [0.25, 0.3) is 0 Å². The highest BCUT2D eigenvalue weighted by Gasteiger charge is 2.15. The minimum absolute atomic E-state index is 0.235. The van der Waals surface area contributed by atoms with Gasteiger partial charge in [0, 0.05) is 22.5 Å². The summed E-state index contributed by atoms with van der Waals surface area (Å²) in [6, 6.07) is 6.65. The van der Waals surface area contributed by atoms with Crippen LogP contribution in [0.1, 0.15) is 29.9 Å². The molecule has 0 radical (unpaired) electrons. The van der Waals surface area contributed by atoms with Gasteiger partial charge >= 0.3 is 0 Å². The number of rotatable bonds is 4. The molecule has 0 aliphatic carbocycles.